The van der Waals surface area contributed by atoms with Gasteiger partial charge in [-0.1, -0.05) is 13.8 Å². The van der Waals surface area contributed by atoms with Gasteiger partial charge >= 0.3 is 11.7 Å². The van der Waals surface area contributed by atoms with Gasteiger partial charge in [-0.2, -0.15) is 0 Å². The molecule has 3 saturated carbocycles. The van der Waals surface area contributed by atoms with Crippen LogP contribution in [0.25, 0.3) is 0 Å². The number of rotatable bonds is 5. The lowest BCUT2D eigenvalue weighted by Crippen LogP contribution is -2.59. The number of urea groups is 1. The Bertz CT molecular complexity index is 995. The molecular formula is C29H45N3O5. The molecule has 4 aliphatic rings. The fourth-order valence-electron chi connectivity index (χ4n) is 8.64. The Labute approximate surface area is 220 Å². The molecule has 8 heteroatoms. The molecule has 1 aromatic rings. The predicted molar refractivity (Wildman–Crippen MR) is 141 cm³/mol. The molecule has 2 amide bonds. The van der Waals surface area contributed by atoms with E-state index < -0.39 is 5.60 Å². The summed E-state index contributed by atoms with van der Waals surface area (Å²) in [6, 6.07) is 3.62. The molecule has 5 rings (SSSR count). The van der Waals surface area contributed by atoms with Gasteiger partial charge in [0.25, 0.3) is 0 Å². The number of nitrogens with zero attached hydrogens (tertiary/aromatic N) is 1. The van der Waals surface area contributed by atoms with Crippen LogP contribution in [0.2, 0.25) is 0 Å². The second-order valence-corrected chi connectivity index (χ2v) is 12.6. The van der Waals surface area contributed by atoms with Crippen LogP contribution in [0.15, 0.2) is 27.6 Å². The highest BCUT2D eigenvalue weighted by molar-refractivity contribution is 5.74. The van der Waals surface area contributed by atoms with Crippen molar-refractivity contribution in [2.45, 2.75) is 89.2 Å². The third-order valence-corrected chi connectivity index (χ3v) is 10.9. The number of fused-ring (bicyclic) bond motifs is 1. The fourth-order valence-corrected chi connectivity index (χ4v) is 8.64. The zero-order valence-electron chi connectivity index (χ0n) is 22.5. The van der Waals surface area contributed by atoms with Crippen molar-refractivity contribution in [1.29, 1.82) is 0 Å². The Morgan fingerprint density at radius 1 is 1.11 bits per heavy atom. The first-order valence-electron chi connectivity index (χ1n) is 14.3. The molecule has 1 aromatic heterocycles. The molecule has 2 heterocycles. The predicted octanol–water partition coefficient (Wildman–Crippen LogP) is 3.62. The Balaban J connectivity index is 1.29. The number of hydrogen-bond acceptors (Lipinski definition) is 6. The standard InChI is InChI=1S/C29H45N3O5/c1-27(10-5-21(6-11-27)31-26(34)32-15-17-36-18-16-32)23-7-12-28(2)22(20-3-4-25(33)37-19-20)8-13-29(28,35)24(23)9-14-30/h3-4,19,21-24,35H,5-18,30H2,1-2H3,(H,31,34)/t21-,22-,23?,24-,27-,28-,29+/m1/s1. The molecule has 4 N–H and O–H groups in total. The average Bonchev–Trinajstić information content (AvgIpc) is 3.18. The van der Waals surface area contributed by atoms with Gasteiger partial charge in [0.1, 0.15) is 0 Å². The van der Waals surface area contributed by atoms with Crippen LogP contribution in [0.5, 0.6) is 0 Å². The number of carbonyl (C=O) groups is 1. The summed E-state index contributed by atoms with van der Waals surface area (Å²) in [5.41, 5.74) is 5.90. The zero-order valence-corrected chi connectivity index (χ0v) is 22.5. The minimum atomic E-state index is -0.791. The lowest BCUT2D eigenvalue weighted by Gasteiger charge is -2.59. The van der Waals surface area contributed by atoms with Crippen molar-refractivity contribution in [2.75, 3.05) is 32.8 Å². The van der Waals surface area contributed by atoms with Crippen LogP contribution in [0, 0.1) is 22.7 Å². The van der Waals surface area contributed by atoms with Crippen LogP contribution in [0.3, 0.4) is 0 Å². The van der Waals surface area contributed by atoms with Gasteiger partial charge < -0.3 is 30.2 Å². The van der Waals surface area contributed by atoms with E-state index in [1.54, 1.807) is 6.26 Å². The number of aliphatic hydroxyl groups is 1. The summed E-state index contributed by atoms with van der Waals surface area (Å²) >= 11 is 0. The molecule has 37 heavy (non-hydrogen) atoms. The highest BCUT2D eigenvalue weighted by Crippen LogP contribution is 2.67. The summed E-state index contributed by atoms with van der Waals surface area (Å²) in [5.74, 6) is 0.709. The van der Waals surface area contributed by atoms with Crippen molar-refractivity contribution in [2.24, 2.45) is 28.4 Å². The molecule has 0 bridgehead atoms. The smallest absolute Gasteiger partial charge is 0.335 e. The van der Waals surface area contributed by atoms with Gasteiger partial charge in [-0.05, 0) is 99.1 Å². The van der Waals surface area contributed by atoms with E-state index in [2.05, 4.69) is 19.2 Å². The van der Waals surface area contributed by atoms with Crippen molar-refractivity contribution in [3.8, 4) is 0 Å². The van der Waals surface area contributed by atoms with Crippen LogP contribution in [0.4, 0.5) is 4.79 Å². The lowest BCUT2D eigenvalue weighted by molar-refractivity contribution is -0.176. The molecule has 206 valence electrons. The normalized spacial score (nSPS) is 40.3. The van der Waals surface area contributed by atoms with Gasteiger partial charge in [0.2, 0.25) is 0 Å². The van der Waals surface area contributed by atoms with E-state index >= 15 is 0 Å². The van der Waals surface area contributed by atoms with Crippen LogP contribution in [0.1, 0.15) is 83.1 Å². The van der Waals surface area contributed by atoms with Crippen molar-refractivity contribution in [3.63, 3.8) is 0 Å². The summed E-state index contributed by atoms with van der Waals surface area (Å²) in [7, 11) is 0. The van der Waals surface area contributed by atoms with Gasteiger partial charge in [0.05, 0.1) is 25.1 Å². The number of amides is 2. The fraction of sp³-hybridized carbons (Fsp3) is 0.793. The molecule has 3 aliphatic carbocycles. The summed E-state index contributed by atoms with van der Waals surface area (Å²) in [5, 5.41) is 15.7. The van der Waals surface area contributed by atoms with Gasteiger partial charge in [-0.15, -0.1) is 0 Å². The first-order chi connectivity index (χ1) is 17.7. The highest BCUT2D eigenvalue weighted by Gasteiger charge is 2.65. The van der Waals surface area contributed by atoms with E-state index in [9.17, 15) is 14.7 Å². The number of carbonyl (C=O) groups excluding carboxylic acids is 1. The first kappa shape index (κ1) is 26.7. The lowest BCUT2D eigenvalue weighted by atomic mass is 9.48. The summed E-state index contributed by atoms with van der Waals surface area (Å²) in [6.07, 6.45) is 10.1. The maximum Gasteiger partial charge on any atom is 0.335 e. The third kappa shape index (κ3) is 4.74. The van der Waals surface area contributed by atoms with Gasteiger partial charge in [-0.25, -0.2) is 9.59 Å². The van der Waals surface area contributed by atoms with E-state index in [4.69, 9.17) is 14.9 Å². The van der Waals surface area contributed by atoms with E-state index in [0.717, 1.165) is 63.4 Å². The van der Waals surface area contributed by atoms with Crippen LogP contribution in [-0.2, 0) is 4.74 Å². The SMILES string of the molecule is C[C@]12CCC([C@]3(C)CC[C@@H](NC(=O)N4CCOCC4)CC3)[C@@H](CCN)[C@@]1(O)CC[C@@H]2c1ccc(=O)oc1. The Morgan fingerprint density at radius 2 is 1.84 bits per heavy atom. The topological polar surface area (TPSA) is 118 Å². The molecule has 0 radical (unpaired) electrons. The summed E-state index contributed by atoms with van der Waals surface area (Å²) in [6.45, 7) is 7.77. The summed E-state index contributed by atoms with van der Waals surface area (Å²) in [4.78, 5) is 26.1. The number of nitrogens with two attached hydrogens (primary N) is 1. The average molecular weight is 516 g/mol. The minimum Gasteiger partial charge on any atom is -0.431 e. The van der Waals surface area contributed by atoms with Gasteiger partial charge in [0, 0.05) is 30.6 Å². The molecule has 1 unspecified atom stereocenters. The Morgan fingerprint density at radius 3 is 2.49 bits per heavy atom. The zero-order chi connectivity index (χ0) is 26.3. The van der Waals surface area contributed by atoms with Crippen LogP contribution >= 0.6 is 0 Å². The van der Waals surface area contributed by atoms with Crippen molar-refractivity contribution < 1.29 is 19.1 Å². The number of ether oxygens (including phenoxy) is 1. The minimum absolute atomic E-state index is 0.0365. The third-order valence-electron chi connectivity index (χ3n) is 10.9. The van der Waals surface area contributed by atoms with E-state index in [1.165, 1.54) is 6.07 Å². The Hall–Kier alpha value is -1.90. The highest BCUT2D eigenvalue weighted by atomic mass is 16.5. The maximum absolute atomic E-state index is 12.7. The van der Waals surface area contributed by atoms with Crippen molar-refractivity contribution >= 4 is 6.03 Å². The summed E-state index contributed by atoms with van der Waals surface area (Å²) < 4.78 is 10.6. The van der Waals surface area contributed by atoms with Gasteiger partial charge in [0.15, 0.2) is 0 Å². The largest absolute Gasteiger partial charge is 0.431 e. The van der Waals surface area contributed by atoms with E-state index in [1.807, 2.05) is 11.0 Å². The number of nitrogens with one attached hydrogen (secondary N) is 1. The van der Waals surface area contributed by atoms with Crippen LogP contribution in [-0.4, -0.2) is 60.5 Å². The van der Waals surface area contributed by atoms with Crippen molar-refractivity contribution in [3.05, 3.63) is 34.4 Å². The molecule has 4 fully saturated rings. The van der Waals surface area contributed by atoms with Gasteiger partial charge in [-0.3, -0.25) is 0 Å². The molecule has 0 aromatic carbocycles. The van der Waals surface area contributed by atoms with E-state index in [0.29, 0.717) is 38.8 Å². The molecular weight excluding hydrogens is 470 g/mol. The quantitative estimate of drug-likeness (QED) is 0.551. The molecule has 1 aliphatic heterocycles. The monoisotopic (exact) mass is 515 g/mol. The van der Waals surface area contributed by atoms with Crippen molar-refractivity contribution in [1.82, 2.24) is 10.2 Å². The molecule has 5 atom stereocenters. The molecule has 0 spiro atoms. The second kappa shape index (κ2) is 10.3. The van der Waals surface area contributed by atoms with E-state index in [-0.39, 0.29) is 40.4 Å². The maximum atomic E-state index is 12.7. The number of morpholine rings is 1. The van der Waals surface area contributed by atoms with Crippen LogP contribution < -0.4 is 16.7 Å². The molecule has 8 nitrogen and oxygen atoms in total. The number of hydrogen-bond donors (Lipinski definition) is 3. The molecule has 1 saturated heterocycles. The second-order valence-electron chi connectivity index (χ2n) is 12.6. The first-order valence-corrected chi connectivity index (χ1v) is 14.3. The Kier molecular flexibility index (Phi) is 7.46.